The SMILES string of the molecule is CC(C)NCCCC(=O)N1CC(C)OC(CO)C1. The summed E-state index contributed by atoms with van der Waals surface area (Å²) in [5, 5.41) is 12.4. The van der Waals surface area contributed by atoms with E-state index in [2.05, 4.69) is 19.2 Å². The van der Waals surface area contributed by atoms with Gasteiger partial charge >= 0.3 is 0 Å². The topological polar surface area (TPSA) is 61.8 Å². The summed E-state index contributed by atoms with van der Waals surface area (Å²) >= 11 is 0. The fraction of sp³-hybridized carbons (Fsp3) is 0.923. The highest BCUT2D eigenvalue weighted by Gasteiger charge is 2.27. The first kappa shape index (κ1) is 15.4. The Morgan fingerprint density at radius 1 is 1.50 bits per heavy atom. The molecule has 1 heterocycles. The van der Waals surface area contributed by atoms with Crippen LogP contribution in [0, 0.1) is 0 Å². The molecule has 0 spiro atoms. The number of hydrogen-bond acceptors (Lipinski definition) is 4. The van der Waals surface area contributed by atoms with Gasteiger partial charge in [0.15, 0.2) is 0 Å². The quantitative estimate of drug-likeness (QED) is 0.676. The third kappa shape index (κ3) is 5.33. The molecule has 1 saturated heterocycles. The summed E-state index contributed by atoms with van der Waals surface area (Å²) in [6.45, 7) is 8.11. The van der Waals surface area contributed by atoms with E-state index in [4.69, 9.17) is 9.84 Å². The van der Waals surface area contributed by atoms with Crippen molar-refractivity contribution in [3.63, 3.8) is 0 Å². The Balaban J connectivity index is 2.27. The highest BCUT2D eigenvalue weighted by molar-refractivity contribution is 5.76. The number of carbonyl (C=O) groups excluding carboxylic acids is 1. The lowest BCUT2D eigenvalue weighted by Crippen LogP contribution is -2.50. The van der Waals surface area contributed by atoms with Crippen LogP contribution in [-0.4, -0.2) is 60.4 Å². The normalized spacial score (nSPS) is 24.6. The van der Waals surface area contributed by atoms with Crippen LogP contribution in [-0.2, 0) is 9.53 Å². The van der Waals surface area contributed by atoms with Crippen molar-refractivity contribution in [2.75, 3.05) is 26.2 Å². The molecule has 0 aromatic rings. The molecule has 2 N–H and O–H groups in total. The molecule has 1 aliphatic rings. The molecule has 1 rings (SSSR count). The predicted octanol–water partition coefficient (Wildman–Crippen LogP) is 0.373. The molecule has 0 aromatic heterocycles. The molecule has 0 saturated carbocycles. The molecule has 0 aliphatic carbocycles. The summed E-state index contributed by atoms with van der Waals surface area (Å²) < 4.78 is 5.52. The van der Waals surface area contributed by atoms with Gasteiger partial charge in [0, 0.05) is 25.6 Å². The number of hydrogen-bond donors (Lipinski definition) is 2. The van der Waals surface area contributed by atoms with E-state index in [1.54, 1.807) is 0 Å². The maximum atomic E-state index is 12.0. The molecule has 5 heteroatoms. The average molecular weight is 258 g/mol. The van der Waals surface area contributed by atoms with Crippen LogP contribution in [0.25, 0.3) is 0 Å². The van der Waals surface area contributed by atoms with Crippen molar-refractivity contribution in [1.82, 2.24) is 10.2 Å². The Kier molecular flexibility index (Phi) is 6.60. The minimum absolute atomic E-state index is 0.00800. The Morgan fingerprint density at radius 3 is 2.83 bits per heavy atom. The second kappa shape index (κ2) is 7.71. The molecule has 2 unspecified atom stereocenters. The molecule has 0 aromatic carbocycles. The standard InChI is InChI=1S/C13H26N2O3/c1-10(2)14-6-4-5-13(17)15-7-11(3)18-12(8-15)9-16/h10-12,14,16H,4-9H2,1-3H3. The number of rotatable bonds is 6. The second-order valence-electron chi connectivity index (χ2n) is 5.26. The largest absolute Gasteiger partial charge is 0.394 e. The Hall–Kier alpha value is -0.650. The van der Waals surface area contributed by atoms with Gasteiger partial charge in [-0.25, -0.2) is 0 Å². The van der Waals surface area contributed by atoms with Crippen LogP contribution in [0.4, 0.5) is 0 Å². The zero-order valence-corrected chi connectivity index (χ0v) is 11.7. The molecular formula is C13H26N2O3. The molecule has 18 heavy (non-hydrogen) atoms. The highest BCUT2D eigenvalue weighted by Crippen LogP contribution is 2.12. The fourth-order valence-corrected chi connectivity index (χ4v) is 2.14. The number of nitrogens with one attached hydrogen (secondary N) is 1. The van der Waals surface area contributed by atoms with Crippen molar-refractivity contribution in [3.05, 3.63) is 0 Å². The monoisotopic (exact) mass is 258 g/mol. The molecule has 1 aliphatic heterocycles. The van der Waals surface area contributed by atoms with E-state index < -0.39 is 0 Å². The number of carbonyl (C=O) groups is 1. The smallest absolute Gasteiger partial charge is 0.222 e. The number of amides is 1. The van der Waals surface area contributed by atoms with E-state index in [0.717, 1.165) is 13.0 Å². The van der Waals surface area contributed by atoms with Crippen molar-refractivity contribution < 1.29 is 14.6 Å². The van der Waals surface area contributed by atoms with Crippen LogP contribution in [0.5, 0.6) is 0 Å². The van der Waals surface area contributed by atoms with Gasteiger partial charge in [0.05, 0.1) is 18.8 Å². The van der Waals surface area contributed by atoms with E-state index in [-0.39, 0.29) is 24.7 Å². The number of morpholine rings is 1. The first-order valence-corrected chi connectivity index (χ1v) is 6.80. The maximum Gasteiger partial charge on any atom is 0.222 e. The van der Waals surface area contributed by atoms with Gasteiger partial charge < -0.3 is 20.1 Å². The zero-order valence-electron chi connectivity index (χ0n) is 11.7. The number of nitrogens with zero attached hydrogens (tertiary/aromatic N) is 1. The van der Waals surface area contributed by atoms with E-state index in [1.165, 1.54) is 0 Å². The third-order valence-corrected chi connectivity index (χ3v) is 3.00. The van der Waals surface area contributed by atoms with E-state index in [1.807, 2.05) is 11.8 Å². The summed E-state index contributed by atoms with van der Waals surface area (Å²) in [4.78, 5) is 13.8. The van der Waals surface area contributed by atoms with Crippen molar-refractivity contribution in [2.24, 2.45) is 0 Å². The van der Waals surface area contributed by atoms with Crippen LogP contribution in [0.15, 0.2) is 0 Å². The second-order valence-corrected chi connectivity index (χ2v) is 5.26. The predicted molar refractivity (Wildman–Crippen MR) is 70.4 cm³/mol. The summed E-state index contributed by atoms with van der Waals surface area (Å²) in [5.41, 5.74) is 0. The van der Waals surface area contributed by atoms with Gasteiger partial charge in [-0.3, -0.25) is 4.79 Å². The van der Waals surface area contributed by atoms with Crippen molar-refractivity contribution in [2.45, 2.75) is 51.9 Å². The Labute approximate surface area is 109 Å². The van der Waals surface area contributed by atoms with Crippen LogP contribution in [0.1, 0.15) is 33.6 Å². The van der Waals surface area contributed by atoms with Crippen molar-refractivity contribution >= 4 is 5.91 Å². The molecule has 5 nitrogen and oxygen atoms in total. The van der Waals surface area contributed by atoms with Gasteiger partial charge in [-0.2, -0.15) is 0 Å². The first-order chi connectivity index (χ1) is 8.52. The molecule has 0 radical (unpaired) electrons. The van der Waals surface area contributed by atoms with Crippen LogP contribution < -0.4 is 5.32 Å². The lowest BCUT2D eigenvalue weighted by atomic mass is 10.2. The first-order valence-electron chi connectivity index (χ1n) is 6.80. The number of aliphatic hydroxyl groups is 1. The maximum absolute atomic E-state index is 12.0. The van der Waals surface area contributed by atoms with E-state index in [9.17, 15) is 4.79 Å². The van der Waals surface area contributed by atoms with E-state index in [0.29, 0.717) is 25.6 Å². The fourth-order valence-electron chi connectivity index (χ4n) is 2.14. The van der Waals surface area contributed by atoms with Crippen LogP contribution in [0.2, 0.25) is 0 Å². The van der Waals surface area contributed by atoms with Gasteiger partial charge in [-0.15, -0.1) is 0 Å². The van der Waals surface area contributed by atoms with Crippen LogP contribution in [0.3, 0.4) is 0 Å². The minimum Gasteiger partial charge on any atom is -0.394 e. The minimum atomic E-state index is -0.230. The molecule has 0 bridgehead atoms. The van der Waals surface area contributed by atoms with E-state index >= 15 is 0 Å². The molecule has 2 atom stereocenters. The van der Waals surface area contributed by atoms with Crippen molar-refractivity contribution in [3.8, 4) is 0 Å². The number of ether oxygens (including phenoxy) is 1. The highest BCUT2D eigenvalue weighted by atomic mass is 16.5. The van der Waals surface area contributed by atoms with Crippen molar-refractivity contribution in [1.29, 1.82) is 0 Å². The Morgan fingerprint density at radius 2 is 2.22 bits per heavy atom. The summed E-state index contributed by atoms with van der Waals surface area (Å²) in [7, 11) is 0. The zero-order chi connectivity index (χ0) is 13.5. The lowest BCUT2D eigenvalue weighted by Gasteiger charge is -2.36. The van der Waals surface area contributed by atoms with Gasteiger partial charge in [0.25, 0.3) is 0 Å². The molecule has 1 fully saturated rings. The average Bonchev–Trinajstić information content (AvgIpc) is 2.33. The van der Waals surface area contributed by atoms with Gasteiger partial charge in [-0.05, 0) is 19.9 Å². The number of aliphatic hydroxyl groups excluding tert-OH is 1. The summed E-state index contributed by atoms with van der Waals surface area (Å²) in [6, 6.07) is 0.460. The van der Waals surface area contributed by atoms with Gasteiger partial charge in [0.1, 0.15) is 0 Å². The van der Waals surface area contributed by atoms with Gasteiger partial charge in [-0.1, -0.05) is 13.8 Å². The molecule has 106 valence electrons. The van der Waals surface area contributed by atoms with Crippen LogP contribution >= 0.6 is 0 Å². The molecule has 1 amide bonds. The summed E-state index contributed by atoms with van der Waals surface area (Å²) in [6.07, 6.45) is 1.19. The third-order valence-electron chi connectivity index (χ3n) is 3.00. The van der Waals surface area contributed by atoms with Gasteiger partial charge in [0.2, 0.25) is 5.91 Å². The lowest BCUT2D eigenvalue weighted by molar-refractivity contribution is -0.147. The Bertz CT molecular complexity index is 259. The molecular weight excluding hydrogens is 232 g/mol. The summed E-state index contributed by atoms with van der Waals surface area (Å²) in [5.74, 6) is 0.161.